The van der Waals surface area contributed by atoms with E-state index in [-0.39, 0.29) is 6.10 Å². The Morgan fingerprint density at radius 3 is 2.62 bits per heavy atom. The Kier molecular flexibility index (Phi) is 4.15. The highest BCUT2D eigenvalue weighted by Crippen LogP contribution is 2.30. The molecule has 1 saturated heterocycles. The van der Waals surface area contributed by atoms with Gasteiger partial charge >= 0.3 is 0 Å². The Hall–Kier alpha value is -1.70. The Balaban J connectivity index is 1.44. The number of sulfonamides is 1. The molecule has 128 valence electrons. The predicted molar refractivity (Wildman–Crippen MR) is 89.4 cm³/mol. The molecule has 0 radical (unpaired) electrons. The fraction of sp³-hybridized carbons (Fsp3) is 0.471. The summed E-state index contributed by atoms with van der Waals surface area (Å²) < 4.78 is 34.6. The molecule has 2 aromatic rings. The highest BCUT2D eigenvalue weighted by molar-refractivity contribution is 7.89. The third-order valence-corrected chi connectivity index (χ3v) is 6.50. The highest BCUT2D eigenvalue weighted by Gasteiger charge is 2.34. The van der Waals surface area contributed by atoms with Crippen LogP contribution in [0.3, 0.4) is 0 Å². The molecule has 0 bridgehead atoms. The van der Waals surface area contributed by atoms with Gasteiger partial charge in [0.05, 0.1) is 16.7 Å². The van der Waals surface area contributed by atoms with Gasteiger partial charge in [0.1, 0.15) is 0 Å². The fourth-order valence-electron chi connectivity index (χ4n) is 2.95. The van der Waals surface area contributed by atoms with Crippen LogP contribution in [-0.4, -0.2) is 48.3 Å². The maximum absolute atomic E-state index is 12.8. The van der Waals surface area contributed by atoms with Gasteiger partial charge in [-0.2, -0.15) is 9.40 Å². The van der Waals surface area contributed by atoms with E-state index in [1.807, 2.05) is 12.3 Å². The number of nitrogens with zero attached hydrogens (tertiary/aromatic N) is 3. The fourth-order valence-corrected chi connectivity index (χ4v) is 4.44. The van der Waals surface area contributed by atoms with Crippen molar-refractivity contribution < 1.29 is 13.2 Å². The third kappa shape index (κ3) is 3.24. The average molecular weight is 347 g/mol. The summed E-state index contributed by atoms with van der Waals surface area (Å²) in [6.07, 6.45) is 6.82. The quantitative estimate of drug-likeness (QED) is 0.802. The molecule has 4 rings (SSSR count). The Bertz CT molecular complexity index is 783. The number of hydrogen-bond acceptors (Lipinski definition) is 4. The number of benzene rings is 1. The summed E-state index contributed by atoms with van der Waals surface area (Å²) in [5.41, 5.74) is 0.839. The summed E-state index contributed by atoms with van der Waals surface area (Å²) in [6, 6.07) is 8.67. The summed E-state index contributed by atoms with van der Waals surface area (Å²) in [7, 11) is -3.46. The molecule has 1 aromatic heterocycles. The molecular weight excluding hydrogens is 326 g/mol. The van der Waals surface area contributed by atoms with Crippen molar-refractivity contribution in [2.75, 3.05) is 19.7 Å². The first kappa shape index (κ1) is 15.8. The Morgan fingerprint density at radius 2 is 1.96 bits per heavy atom. The van der Waals surface area contributed by atoms with E-state index in [1.165, 1.54) is 17.1 Å². The molecule has 1 aromatic carbocycles. The molecule has 2 fully saturated rings. The predicted octanol–water partition coefficient (Wildman–Crippen LogP) is 2.06. The van der Waals surface area contributed by atoms with Crippen LogP contribution in [0.25, 0.3) is 5.69 Å². The van der Waals surface area contributed by atoms with Gasteiger partial charge in [-0.25, -0.2) is 13.1 Å². The first-order chi connectivity index (χ1) is 11.6. The van der Waals surface area contributed by atoms with Crippen LogP contribution in [-0.2, 0) is 14.8 Å². The molecule has 0 amide bonds. The van der Waals surface area contributed by atoms with Crippen LogP contribution < -0.4 is 0 Å². The van der Waals surface area contributed by atoms with E-state index in [0.717, 1.165) is 18.7 Å². The lowest BCUT2D eigenvalue weighted by atomic mass is 10.3. The van der Waals surface area contributed by atoms with Crippen LogP contribution in [0.2, 0.25) is 0 Å². The van der Waals surface area contributed by atoms with Gasteiger partial charge in [-0.3, -0.25) is 0 Å². The van der Waals surface area contributed by atoms with E-state index >= 15 is 0 Å². The zero-order valence-electron chi connectivity index (χ0n) is 13.4. The van der Waals surface area contributed by atoms with Crippen molar-refractivity contribution in [1.82, 2.24) is 14.1 Å². The van der Waals surface area contributed by atoms with Crippen molar-refractivity contribution in [3.63, 3.8) is 0 Å². The number of rotatable bonds is 6. The molecule has 0 spiro atoms. The molecular formula is C17H21N3O3S. The molecule has 1 aliphatic carbocycles. The van der Waals surface area contributed by atoms with Crippen molar-refractivity contribution in [1.29, 1.82) is 0 Å². The van der Waals surface area contributed by atoms with Gasteiger partial charge in [0.25, 0.3) is 0 Å². The molecule has 1 aliphatic heterocycles. The molecule has 6 nitrogen and oxygen atoms in total. The molecule has 2 aliphatic rings. The molecule has 2 heterocycles. The van der Waals surface area contributed by atoms with Crippen LogP contribution in [0.1, 0.15) is 19.3 Å². The van der Waals surface area contributed by atoms with Gasteiger partial charge < -0.3 is 4.74 Å². The smallest absolute Gasteiger partial charge is 0.243 e. The monoisotopic (exact) mass is 347 g/mol. The van der Waals surface area contributed by atoms with Crippen LogP contribution in [0, 0.1) is 5.92 Å². The second kappa shape index (κ2) is 6.31. The van der Waals surface area contributed by atoms with Crippen molar-refractivity contribution in [2.45, 2.75) is 30.3 Å². The highest BCUT2D eigenvalue weighted by atomic mass is 32.2. The van der Waals surface area contributed by atoms with Gasteiger partial charge in [-0.05, 0) is 55.5 Å². The molecule has 1 atom stereocenters. The van der Waals surface area contributed by atoms with E-state index in [2.05, 4.69) is 5.10 Å². The third-order valence-electron chi connectivity index (χ3n) is 4.62. The van der Waals surface area contributed by atoms with Crippen molar-refractivity contribution in [2.24, 2.45) is 5.92 Å². The molecule has 1 unspecified atom stereocenters. The van der Waals surface area contributed by atoms with E-state index < -0.39 is 10.0 Å². The molecule has 0 N–H and O–H groups in total. The normalized spacial score (nSPS) is 22.1. The van der Waals surface area contributed by atoms with Crippen molar-refractivity contribution in [3.8, 4) is 5.69 Å². The van der Waals surface area contributed by atoms with E-state index in [9.17, 15) is 8.42 Å². The minimum Gasteiger partial charge on any atom is -0.377 e. The summed E-state index contributed by atoms with van der Waals surface area (Å²) >= 11 is 0. The van der Waals surface area contributed by atoms with Crippen molar-refractivity contribution in [3.05, 3.63) is 42.7 Å². The zero-order chi connectivity index (χ0) is 16.6. The standard InChI is InChI=1S/C17H21N3O3S/c21-24(22,19-11-8-16(12-19)23-13-14-2-3-14)17-6-4-15(5-7-17)20-10-1-9-18-20/h1,4-7,9-10,14,16H,2-3,8,11-13H2. The van der Waals surface area contributed by atoms with Gasteiger partial charge in [-0.1, -0.05) is 0 Å². The van der Waals surface area contributed by atoms with Gasteiger partial charge in [0.15, 0.2) is 0 Å². The van der Waals surface area contributed by atoms with Crippen LogP contribution in [0.5, 0.6) is 0 Å². The SMILES string of the molecule is O=S(=O)(c1ccc(-n2cccn2)cc1)N1CCC(OCC2CC2)C1. The van der Waals surface area contributed by atoms with Gasteiger partial charge in [0, 0.05) is 32.1 Å². The minimum absolute atomic E-state index is 0.0312. The minimum atomic E-state index is -3.46. The van der Waals surface area contributed by atoms with Crippen LogP contribution in [0.15, 0.2) is 47.6 Å². The maximum atomic E-state index is 12.8. The molecule has 1 saturated carbocycles. The average Bonchev–Trinajstić information content (AvgIpc) is 3.07. The number of aromatic nitrogens is 2. The lowest BCUT2D eigenvalue weighted by Crippen LogP contribution is -2.30. The van der Waals surface area contributed by atoms with Crippen LogP contribution in [0.4, 0.5) is 0 Å². The first-order valence-electron chi connectivity index (χ1n) is 8.35. The van der Waals surface area contributed by atoms with Crippen molar-refractivity contribution >= 4 is 10.0 Å². The summed E-state index contributed by atoms with van der Waals surface area (Å²) in [4.78, 5) is 0.321. The number of hydrogen-bond donors (Lipinski definition) is 0. The second-order valence-electron chi connectivity index (χ2n) is 6.49. The summed E-state index contributed by atoms with van der Waals surface area (Å²) in [5, 5.41) is 4.15. The lowest BCUT2D eigenvalue weighted by Gasteiger charge is -2.17. The Labute approximate surface area is 142 Å². The van der Waals surface area contributed by atoms with Gasteiger partial charge in [0.2, 0.25) is 10.0 Å². The van der Waals surface area contributed by atoms with Crippen LogP contribution >= 0.6 is 0 Å². The zero-order valence-corrected chi connectivity index (χ0v) is 14.2. The maximum Gasteiger partial charge on any atom is 0.243 e. The summed E-state index contributed by atoms with van der Waals surface area (Å²) in [6.45, 7) is 1.76. The van der Waals surface area contributed by atoms with E-state index in [0.29, 0.717) is 23.9 Å². The number of ether oxygens (including phenoxy) is 1. The van der Waals surface area contributed by atoms with E-state index in [1.54, 1.807) is 35.1 Å². The lowest BCUT2D eigenvalue weighted by molar-refractivity contribution is 0.0561. The largest absolute Gasteiger partial charge is 0.377 e. The molecule has 24 heavy (non-hydrogen) atoms. The van der Waals surface area contributed by atoms with Gasteiger partial charge in [-0.15, -0.1) is 0 Å². The first-order valence-corrected chi connectivity index (χ1v) is 9.79. The second-order valence-corrected chi connectivity index (χ2v) is 8.43. The summed E-state index contributed by atoms with van der Waals surface area (Å²) in [5.74, 6) is 0.700. The topological polar surface area (TPSA) is 64.4 Å². The Morgan fingerprint density at radius 1 is 1.17 bits per heavy atom. The van der Waals surface area contributed by atoms with E-state index in [4.69, 9.17) is 4.74 Å². The molecule has 7 heteroatoms.